The van der Waals surface area contributed by atoms with Crippen molar-refractivity contribution < 1.29 is 4.74 Å². The van der Waals surface area contributed by atoms with Crippen LogP contribution in [0.3, 0.4) is 0 Å². The van der Waals surface area contributed by atoms with Gasteiger partial charge in [-0.15, -0.1) is 0 Å². The summed E-state index contributed by atoms with van der Waals surface area (Å²) in [6.07, 6.45) is 9.85. The summed E-state index contributed by atoms with van der Waals surface area (Å²) in [5.74, 6) is 0.500. The van der Waals surface area contributed by atoms with Crippen molar-refractivity contribution in [3.8, 4) is 6.07 Å². The van der Waals surface area contributed by atoms with E-state index in [0.717, 1.165) is 45.3 Å². The van der Waals surface area contributed by atoms with Crippen molar-refractivity contribution in [2.75, 3.05) is 24.6 Å². The zero-order valence-corrected chi connectivity index (χ0v) is 16.1. The van der Waals surface area contributed by atoms with Crippen LogP contribution in [0.2, 0.25) is 15.3 Å². The lowest BCUT2D eigenvalue weighted by atomic mass is 9.93. The van der Waals surface area contributed by atoms with Crippen LogP contribution < -0.4 is 4.90 Å². The van der Waals surface area contributed by atoms with E-state index < -0.39 is 0 Å². The lowest BCUT2D eigenvalue weighted by molar-refractivity contribution is 0.115. The van der Waals surface area contributed by atoms with Crippen LogP contribution in [0.5, 0.6) is 0 Å². The molecule has 0 bridgehead atoms. The molecule has 1 aromatic rings. The summed E-state index contributed by atoms with van der Waals surface area (Å²) in [7, 11) is 0. The first kappa shape index (κ1) is 18.8. The summed E-state index contributed by atoms with van der Waals surface area (Å²) in [6.45, 7) is 2.24. The quantitative estimate of drug-likeness (QED) is 0.500. The maximum absolute atomic E-state index is 9.58. The van der Waals surface area contributed by atoms with Crippen molar-refractivity contribution in [1.29, 1.82) is 5.26 Å². The standard InChI is InChI=1S/C18H20Cl3N3O/c19-15-16(14(9-22)17(20)23-18(15)21)24(11-13-7-4-8-25-13)10-12-5-2-1-3-6-12/h1-2,12-13H,3-8,10-11H2/t12-,13-/m1/s1. The van der Waals surface area contributed by atoms with Gasteiger partial charge in [-0.1, -0.05) is 47.0 Å². The lowest BCUT2D eigenvalue weighted by Gasteiger charge is -2.33. The molecule has 1 aromatic heterocycles. The molecule has 0 radical (unpaired) electrons. The van der Waals surface area contributed by atoms with Crippen molar-refractivity contribution in [3.05, 3.63) is 33.0 Å². The molecule has 2 heterocycles. The van der Waals surface area contributed by atoms with E-state index >= 15 is 0 Å². The normalized spacial score (nSPS) is 22.8. The van der Waals surface area contributed by atoms with E-state index in [-0.39, 0.29) is 27.0 Å². The Kier molecular flexibility index (Phi) is 6.46. The molecule has 1 aliphatic heterocycles. The van der Waals surface area contributed by atoms with Crippen LogP contribution in [0.15, 0.2) is 12.2 Å². The van der Waals surface area contributed by atoms with Gasteiger partial charge in [-0.25, -0.2) is 4.98 Å². The SMILES string of the molecule is N#Cc1c(Cl)nc(Cl)c(Cl)c1N(C[C@@H]1CC=CCC1)C[C@H]1CCCO1. The fourth-order valence-corrected chi connectivity index (χ4v) is 4.21. The summed E-state index contributed by atoms with van der Waals surface area (Å²) in [6, 6.07) is 2.14. The van der Waals surface area contributed by atoms with Crippen LogP contribution in [0.25, 0.3) is 0 Å². The van der Waals surface area contributed by atoms with Crippen molar-refractivity contribution in [2.24, 2.45) is 5.92 Å². The highest BCUT2D eigenvalue weighted by molar-refractivity contribution is 6.44. The Labute approximate surface area is 163 Å². The van der Waals surface area contributed by atoms with Crippen molar-refractivity contribution in [1.82, 2.24) is 4.98 Å². The molecule has 1 saturated heterocycles. The summed E-state index contributed by atoms with van der Waals surface area (Å²) >= 11 is 18.8. The third-order valence-electron chi connectivity index (χ3n) is 4.76. The molecule has 134 valence electrons. The molecule has 1 fully saturated rings. The number of aromatic nitrogens is 1. The number of anilines is 1. The Morgan fingerprint density at radius 2 is 2.04 bits per heavy atom. The van der Waals surface area contributed by atoms with Crippen LogP contribution in [0, 0.1) is 17.2 Å². The minimum atomic E-state index is 0.0905. The fraction of sp³-hybridized carbons (Fsp3) is 0.556. The van der Waals surface area contributed by atoms with E-state index in [4.69, 9.17) is 39.5 Å². The number of rotatable bonds is 5. The number of halogens is 3. The fourth-order valence-electron chi connectivity index (χ4n) is 3.52. The number of nitrogens with zero attached hydrogens (tertiary/aromatic N) is 3. The second-order valence-electron chi connectivity index (χ2n) is 6.53. The monoisotopic (exact) mass is 399 g/mol. The minimum Gasteiger partial charge on any atom is -0.376 e. The third-order valence-corrected chi connectivity index (χ3v) is 5.76. The van der Waals surface area contributed by atoms with Gasteiger partial charge in [0.15, 0.2) is 10.3 Å². The zero-order chi connectivity index (χ0) is 17.8. The largest absolute Gasteiger partial charge is 0.376 e. The molecule has 4 nitrogen and oxygen atoms in total. The van der Waals surface area contributed by atoms with E-state index in [9.17, 15) is 5.26 Å². The molecule has 0 spiro atoms. The van der Waals surface area contributed by atoms with E-state index in [1.54, 1.807) is 0 Å². The van der Waals surface area contributed by atoms with Gasteiger partial charge in [0.25, 0.3) is 0 Å². The van der Waals surface area contributed by atoms with Crippen LogP contribution >= 0.6 is 34.8 Å². The second kappa shape index (κ2) is 8.60. The maximum atomic E-state index is 9.58. The number of allylic oxidation sites excluding steroid dienone is 2. The van der Waals surface area contributed by atoms with E-state index in [0.29, 0.717) is 18.2 Å². The third kappa shape index (κ3) is 4.41. The average molecular weight is 401 g/mol. The Hall–Kier alpha value is -0.990. The first-order valence-corrected chi connectivity index (χ1v) is 9.69. The van der Waals surface area contributed by atoms with Gasteiger partial charge in [0.1, 0.15) is 16.7 Å². The highest BCUT2D eigenvalue weighted by atomic mass is 35.5. The number of hydrogen-bond donors (Lipinski definition) is 0. The van der Waals surface area contributed by atoms with E-state index in [2.05, 4.69) is 28.1 Å². The number of ether oxygens (including phenoxy) is 1. The Bertz CT molecular complexity index is 696. The summed E-state index contributed by atoms with van der Waals surface area (Å²) in [4.78, 5) is 6.10. The molecule has 0 saturated carbocycles. The molecule has 7 heteroatoms. The molecule has 1 aliphatic carbocycles. The number of pyridine rings is 1. The van der Waals surface area contributed by atoms with Gasteiger partial charge in [0.05, 0.1) is 11.8 Å². The highest BCUT2D eigenvalue weighted by Crippen LogP contribution is 2.39. The lowest BCUT2D eigenvalue weighted by Crippen LogP contribution is -2.37. The molecular weight excluding hydrogens is 381 g/mol. The van der Waals surface area contributed by atoms with Gasteiger partial charge in [-0.05, 0) is 38.0 Å². The predicted octanol–water partition coefficient (Wildman–Crippen LogP) is 5.26. The highest BCUT2D eigenvalue weighted by Gasteiger charge is 2.28. The first-order chi connectivity index (χ1) is 12.1. The van der Waals surface area contributed by atoms with E-state index in [1.165, 1.54) is 0 Å². The van der Waals surface area contributed by atoms with Gasteiger partial charge in [0, 0.05) is 19.7 Å². The summed E-state index contributed by atoms with van der Waals surface area (Å²) < 4.78 is 5.80. The van der Waals surface area contributed by atoms with Crippen molar-refractivity contribution in [2.45, 2.75) is 38.2 Å². The Balaban J connectivity index is 1.95. The van der Waals surface area contributed by atoms with Crippen LogP contribution in [-0.4, -0.2) is 30.8 Å². The van der Waals surface area contributed by atoms with Gasteiger partial charge < -0.3 is 9.64 Å². The molecule has 3 rings (SSSR count). The number of hydrogen-bond acceptors (Lipinski definition) is 4. The molecule has 0 N–H and O–H groups in total. The molecular formula is C18H20Cl3N3O. The molecule has 25 heavy (non-hydrogen) atoms. The minimum absolute atomic E-state index is 0.0905. The Morgan fingerprint density at radius 3 is 2.68 bits per heavy atom. The predicted molar refractivity (Wildman–Crippen MR) is 102 cm³/mol. The Morgan fingerprint density at radius 1 is 1.20 bits per heavy atom. The van der Waals surface area contributed by atoms with Crippen LogP contribution in [0.4, 0.5) is 5.69 Å². The molecule has 2 aliphatic rings. The molecule has 0 amide bonds. The van der Waals surface area contributed by atoms with E-state index in [1.807, 2.05) is 0 Å². The van der Waals surface area contributed by atoms with Crippen molar-refractivity contribution in [3.63, 3.8) is 0 Å². The van der Waals surface area contributed by atoms with Gasteiger partial charge in [-0.3, -0.25) is 0 Å². The van der Waals surface area contributed by atoms with Gasteiger partial charge >= 0.3 is 0 Å². The molecule has 0 aromatic carbocycles. The molecule has 0 unspecified atom stereocenters. The zero-order valence-electron chi connectivity index (χ0n) is 13.9. The smallest absolute Gasteiger partial charge is 0.151 e. The second-order valence-corrected chi connectivity index (χ2v) is 7.63. The van der Waals surface area contributed by atoms with Crippen LogP contribution in [-0.2, 0) is 4.74 Å². The number of nitriles is 1. The maximum Gasteiger partial charge on any atom is 0.151 e. The van der Waals surface area contributed by atoms with Gasteiger partial charge in [0.2, 0.25) is 0 Å². The van der Waals surface area contributed by atoms with Gasteiger partial charge in [-0.2, -0.15) is 5.26 Å². The molecule has 2 atom stereocenters. The summed E-state index contributed by atoms with van der Waals surface area (Å²) in [5.41, 5.74) is 0.861. The van der Waals surface area contributed by atoms with Crippen molar-refractivity contribution >= 4 is 40.5 Å². The average Bonchev–Trinajstić information content (AvgIpc) is 3.11. The first-order valence-electron chi connectivity index (χ1n) is 8.56. The van der Waals surface area contributed by atoms with Crippen LogP contribution in [0.1, 0.15) is 37.7 Å². The summed E-state index contributed by atoms with van der Waals surface area (Å²) in [5, 5.41) is 10.1. The topological polar surface area (TPSA) is 49.2 Å².